The van der Waals surface area contributed by atoms with Crippen molar-refractivity contribution in [1.29, 1.82) is 0 Å². The van der Waals surface area contributed by atoms with Crippen LogP contribution in [-0.4, -0.2) is 35.1 Å². The Hall–Kier alpha value is -4.17. The molecule has 0 aliphatic rings. The number of aromatic amines is 1. The molecule has 1 unspecified atom stereocenters. The number of hydrogen-bond donors (Lipinski definition) is 1. The van der Waals surface area contributed by atoms with Crippen LogP contribution in [-0.2, 0) is 19.6 Å². The molecule has 0 spiro atoms. The van der Waals surface area contributed by atoms with Gasteiger partial charge in [0, 0.05) is 41.9 Å². The highest BCUT2D eigenvalue weighted by molar-refractivity contribution is 5.83. The zero-order valence-corrected chi connectivity index (χ0v) is 22.3. The van der Waals surface area contributed by atoms with Gasteiger partial charge >= 0.3 is 0 Å². The third-order valence-corrected chi connectivity index (χ3v) is 6.90. The molecule has 5 aromatic rings. The molecule has 0 aliphatic carbocycles. The Bertz CT molecular complexity index is 1580. The first kappa shape index (κ1) is 25.5. The Morgan fingerprint density at radius 3 is 2.50 bits per heavy atom. The smallest absolute Gasteiger partial charge is 0.252 e. The molecule has 1 N–H and O–H groups in total. The molecule has 38 heavy (non-hydrogen) atoms. The minimum absolute atomic E-state index is 0.0786. The van der Waals surface area contributed by atoms with Gasteiger partial charge in [-0.25, -0.2) is 4.68 Å². The van der Waals surface area contributed by atoms with Crippen LogP contribution in [0.3, 0.4) is 0 Å². The van der Waals surface area contributed by atoms with Crippen molar-refractivity contribution in [2.45, 2.75) is 53.4 Å². The summed E-state index contributed by atoms with van der Waals surface area (Å²) in [6, 6.07) is 20.2. The summed E-state index contributed by atoms with van der Waals surface area (Å²) in [5.74, 6) is 0.952. The van der Waals surface area contributed by atoms with E-state index in [1.165, 1.54) is 0 Å². The van der Waals surface area contributed by atoms with Crippen molar-refractivity contribution in [3.8, 4) is 0 Å². The highest BCUT2D eigenvalue weighted by Gasteiger charge is 2.30. The number of nitrogens with one attached hydrogen (secondary N) is 1. The maximum absolute atomic E-state index is 13.3. The van der Waals surface area contributed by atoms with Crippen molar-refractivity contribution in [3.05, 3.63) is 117 Å². The maximum atomic E-state index is 13.3. The molecule has 5 rings (SSSR count). The SMILES string of the molecule is Cc1cc(C)c2cc(CN(Cc3cccnc3)C(c3nnnn3Cc3ccccc3)C(C)C)c(=O)[nH]c2c1. The summed E-state index contributed by atoms with van der Waals surface area (Å²) in [4.78, 5) is 23.0. The largest absolute Gasteiger partial charge is 0.322 e. The van der Waals surface area contributed by atoms with Crippen molar-refractivity contribution >= 4 is 10.9 Å². The first-order valence-corrected chi connectivity index (χ1v) is 12.9. The van der Waals surface area contributed by atoms with Crippen LogP contribution >= 0.6 is 0 Å². The highest BCUT2D eigenvalue weighted by Crippen LogP contribution is 2.30. The maximum Gasteiger partial charge on any atom is 0.252 e. The quantitative estimate of drug-likeness (QED) is 0.303. The number of fused-ring (bicyclic) bond motifs is 1. The predicted octanol–water partition coefficient (Wildman–Crippen LogP) is 4.97. The van der Waals surface area contributed by atoms with Gasteiger partial charge in [-0.3, -0.25) is 14.7 Å². The monoisotopic (exact) mass is 507 g/mol. The second-order valence-corrected chi connectivity index (χ2v) is 10.3. The number of benzene rings is 2. The Morgan fingerprint density at radius 2 is 1.76 bits per heavy atom. The molecule has 2 aromatic carbocycles. The van der Waals surface area contributed by atoms with E-state index < -0.39 is 0 Å². The summed E-state index contributed by atoms with van der Waals surface area (Å²) < 4.78 is 1.87. The van der Waals surface area contributed by atoms with E-state index in [1.54, 1.807) is 6.20 Å². The summed E-state index contributed by atoms with van der Waals surface area (Å²) in [6.07, 6.45) is 3.64. The van der Waals surface area contributed by atoms with Crippen LogP contribution in [0, 0.1) is 19.8 Å². The molecule has 8 nitrogen and oxygen atoms in total. The molecule has 0 bridgehead atoms. The Labute approximate surface area is 222 Å². The van der Waals surface area contributed by atoms with Gasteiger partial charge in [-0.05, 0) is 70.6 Å². The van der Waals surface area contributed by atoms with E-state index in [0.717, 1.165) is 39.0 Å². The van der Waals surface area contributed by atoms with Gasteiger partial charge in [-0.2, -0.15) is 0 Å². The molecule has 0 saturated carbocycles. The number of rotatable bonds is 9. The van der Waals surface area contributed by atoms with E-state index in [9.17, 15) is 4.79 Å². The number of pyridine rings is 2. The first-order chi connectivity index (χ1) is 18.4. The fraction of sp³-hybridized carbons (Fsp3) is 0.300. The number of nitrogens with zero attached hydrogens (tertiary/aromatic N) is 6. The van der Waals surface area contributed by atoms with Crippen molar-refractivity contribution in [1.82, 2.24) is 35.1 Å². The lowest BCUT2D eigenvalue weighted by molar-refractivity contribution is 0.126. The Kier molecular flexibility index (Phi) is 7.42. The van der Waals surface area contributed by atoms with Gasteiger partial charge in [0.1, 0.15) is 0 Å². The summed E-state index contributed by atoms with van der Waals surface area (Å²) in [6.45, 7) is 10.1. The zero-order chi connectivity index (χ0) is 26.6. The van der Waals surface area contributed by atoms with Gasteiger partial charge in [0.05, 0.1) is 12.6 Å². The topological polar surface area (TPSA) is 92.6 Å². The van der Waals surface area contributed by atoms with Crippen molar-refractivity contribution in [2.24, 2.45) is 5.92 Å². The number of H-pyrrole nitrogens is 1. The van der Waals surface area contributed by atoms with Crippen LogP contribution < -0.4 is 5.56 Å². The van der Waals surface area contributed by atoms with Crippen LogP contribution in [0.25, 0.3) is 10.9 Å². The third kappa shape index (κ3) is 5.55. The van der Waals surface area contributed by atoms with Crippen molar-refractivity contribution in [2.75, 3.05) is 0 Å². The van der Waals surface area contributed by atoms with Crippen LogP contribution in [0.1, 0.15) is 53.5 Å². The number of hydrogen-bond acceptors (Lipinski definition) is 6. The second kappa shape index (κ2) is 11.1. The van der Waals surface area contributed by atoms with E-state index in [4.69, 9.17) is 0 Å². The summed E-state index contributed by atoms with van der Waals surface area (Å²) in [5.41, 5.74) is 5.95. The van der Waals surface area contributed by atoms with Gasteiger partial charge in [-0.1, -0.05) is 56.3 Å². The second-order valence-electron chi connectivity index (χ2n) is 10.3. The number of tetrazole rings is 1. The van der Waals surface area contributed by atoms with E-state index >= 15 is 0 Å². The van der Waals surface area contributed by atoms with Gasteiger partial charge in [0.2, 0.25) is 0 Å². The molecule has 3 aromatic heterocycles. The lowest BCUT2D eigenvalue weighted by atomic mass is 9.99. The van der Waals surface area contributed by atoms with Crippen LogP contribution in [0.5, 0.6) is 0 Å². The molecular weight excluding hydrogens is 474 g/mol. The standard InChI is InChI=1S/C30H33N7O/c1-20(2)28(29-33-34-35-37(29)18-23-9-6-5-7-10-23)36(17-24-11-8-12-31-16-24)19-25-15-26-22(4)13-21(3)14-27(26)32-30(25)38/h5-16,20,28H,17-19H2,1-4H3,(H,32,38). The van der Waals surface area contributed by atoms with Gasteiger partial charge in [-0.15, -0.1) is 5.10 Å². The molecule has 0 fully saturated rings. The Morgan fingerprint density at radius 1 is 0.974 bits per heavy atom. The molecule has 0 saturated heterocycles. The summed E-state index contributed by atoms with van der Waals surface area (Å²) in [5, 5.41) is 13.9. The molecule has 194 valence electrons. The first-order valence-electron chi connectivity index (χ1n) is 12.9. The molecule has 8 heteroatoms. The minimum atomic E-state index is -0.136. The molecule has 0 amide bonds. The average Bonchev–Trinajstić information content (AvgIpc) is 3.33. The number of aryl methyl sites for hydroxylation is 2. The molecular formula is C30H33N7O. The highest BCUT2D eigenvalue weighted by atomic mass is 16.1. The molecule has 3 heterocycles. The summed E-state index contributed by atoms with van der Waals surface area (Å²) in [7, 11) is 0. The number of aromatic nitrogens is 6. The lowest BCUT2D eigenvalue weighted by Crippen LogP contribution is -2.35. The average molecular weight is 508 g/mol. The van der Waals surface area contributed by atoms with Crippen molar-refractivity contribution in [3.63, 3.8) is 0 Å². The minimum Gasteiger partial charge on any atom is -0.322 e. The van der Waals surface area contributed by atoms with Crippen molar-refractivity contribution < 1.29 is 0 Å². The van der Waals surface area contributed by atoms with E-state index in [-0.39, 0.29) is 17.5 Å². The predicted molar refractivity (Wildman–Crippen MR) is 148 cm³/mol. The lowest BCUT2D eigenvalue weighted by Gasteiger charge is -2.33. The van der Waals surface area contributed by atoms with Gasteiger partial charge in [0.25, 0.3) is 5.56 Å². The molecule has 0 radical (unpaired) electrons. The Balaban J connectivity index is 1.56. The molecule has 1 atom stereocenters. The van der Waals surface area contributed by atoms with E-state index in [1.807, 2.05) is 54.2 Å². The zero-order valence-electron chi connectivity index (χ0n) is 22.3. The van der Waals surface area contributed by atoms with Gasteiger partial charge < -0.3 is 4.98 Å². The van der Waals surface area contributed by atoms with Crippen LogP contribution in [0.2, 0.25) is 0 Å². The van der Waals surface area contributed by atoms with Gasteiger partial charge in [0.15, 0.2) is 5.82 Å². The third-order valence-electron chi connectivity index (χ3n) is 6.90. The fourth-order valence-corrected chi connectivity index (χ4v) is 5.21. The summed E-state index contributed by atoms with van der Waals surface area (Å²) >= 11 is 0. The fourth-order valence-electron chi connectivity index (χ4n) is 5.21. The normalized spacial score (nSPS) is 12.5. The van der Waals surface area contributed by atoms with Crippen LogP contribution in [0.15, 0.2) is 77.9 Å². The van der Waals surface area contributed by atoms with Crippen LogP contribution in [0.4, 0.5) is 0 Å². The molecule has 0 aliphatic heterocycles. The van der Waals surface area contributed by atoms with E-state index in [2.05, 4.69) is 75.4 Å². The van der Waals surface area contributed by atoms with E-state index in [0.29, 0.717) is 25.2 Å².